The minimum absolute atomic E-state index is 0.0542. The molecule has 4 rings (SSSR count). The number of carbonyl (C=O) groups excluding carboxylic acids is 1. The highest BCUT2D eigenvalue weighted by molar-refractivity contribution is 7.13. The fraction of sp³-hybridized carbons (Fsp3) is 0.364. The molecule has 1 amide bonds. The van der Waals surface area contributed by atoms with E-state index >= 15 is 0 Å². The third kappa shape index (κ3) is 5.12. The first-order chi connectivity index (χ1) is 14.1. The lowest BCUT2D eigenvalue weighted by molar-refractivity contribution is -0.118. The Morgan fingerprint density at radius 3 is 2.79 bits per heavy atom. The highest BCUT2D eigenvalue weighted by Gasteiger charge is 2.22. The Balaban J connectivity index is 1.31. The Hall–Kier alpha value is -2.48. The summed E-state index contributed by atoms with van der Waals surface area (Å²) < 4.78 is 11.5. The van der Waals surface area contributed by atoms with Gasteiger partial charge in [0.25, 0.3) is 5.91 Å². The lowest BCUT2D eigenvalue weighted by Gasteiger charge is -2.34. The fourth-order valence-corrected chi connectivity index (χ4v) is 4.42. The number of hydrogen-bond donors (Lipinski definition) is 1. The third-order valence-corrected chi connectivity index (χ3v) is 5.59. The van der Waals surface area contributed by atoms with Crippen molar-refractivity contribution >= 4 is 33.1 Å². The number of morpholine rings is 1. The maximum absolute atomic E-state index is 12.3. The Labute approximate surface area is 174 Å². The summed E-state index contributed by atoms with van der Waals surface area (Å²) in [5.41, 5.74) is 0.960. The summed E-state index contributed by atoms with van der Waals surface area (Å²) in [6.07, 6.45) is 0.450. The van der Waals surface area contributed by atoms with Crippen LogP contribution in [0.2, 0.25) is 0 Å². The number of amides is 1. The van der Waals surface area contributed by atoms with Crippen LogP contribution in [0.3, 0.4) is 0 Å². The van der Waals surface area contributed by atoms with Crippen LogP contribution in [0.25, 0.3) is 10.8 Å². The number of ether oxygens (including phenoxy) is 2. The molecule has 0 unspecified atom stereocenters. The molecule has 1 saturated heterocycles. The minimum atomic E-state index is -0.215. The summed E-state index contributed by atoms with van der Waals surface area (Å²) in [6, 6.07) is 13.8. The van der Waals surface area contributed by atoms with Crippen LogP contribution in [0, 0.1) is 0 Å². The first-order valence-electron chi connectivity index (χ1n) is 9.79. The van der Waals surface area contributed by atoms with Gasteiger partial charge in [0.05, 0.1) is 17.9 Å². The molecule has 1 aromatic heterocycles. The molecule has 2 atom stereocenters. The zero-order chi connectivity index (χ0) is 20.2. The van der Waals surface area contributed by atoms with Gasteiger partial charge in [-0.2, -0.15) is 0 Å². The van der Waals surface area contributed by atoms with Crippen LogP contribution >= 0.6 is 11.3 Å². The van der Waals surface area contributed by atoms with Gasteiger partial charge in [0.1, 0.15) is 5.75 Å². The quantitative estimate of drug-likeness (QED) is 0.666. The molecular weight excluding hydrogens is 386 g/mol. The molecule has 29 heavy (non-hydrogen) atoms. The molecular formula is C22H25N3O3S. The Morgan fingerprint density at radius 2 is 1.97 bits per heavy atom. The molecule has 0 bridgehead atoms. The fourth-order valence-electron chi connectivity index (χ4n) is 3.70. The summed E-state index contributed by atoms with van der Waals surface area (Å²) in [5, 5.41) is 7.50. The summed E-state index contributed by atoms with van der Waals surface area (Å²) in [4.78, 5) is 19.2. The summed E-state index contributed by atoms with van der Waals surface area (Å²) >= 11 is 1.44. The number of thiazole rings is 1. The topological polar surface area (TPSA) is 63.7 Å². The predicted octanol–water partition coefficient (Wildman–Crippen LogP) is 3.92. The Bertz CT molecular complexity index is 975. The van der Waals surface area contributed by atoms with Crippen molar-refractivity contribution in [3.8, 4) is 5.75 Å². The number of aromatic nitrogens is 1. The van der Waals surface area contributed by atoms with Crippen LogP contribution in [0.1, 0.15) is 19.5 Å². The van der Waals surface area contributed by atoms with E-state index in [2.05, 4.69) is 29.0 Å². The second kappa shape index (κ2) is 8.90. The predicted molar refractivity (Wildman–Crippen MR) is 115 cm³/mol. The molecule has 7 heteroatoms. The van der Waals surface area contributed by atoms with Crippen LogP contribution in [-0.2, 0) is 16.1 Å². The molecule has 1 N–H and O–H groups in total. The molecule has 0 aliphatic carbocycles. The molecule has 1 aliphatic rings. The Morgan fingerprint density at radius 1 is 1.21 bits per heavy atom. The maximum atomic E-state index is 12.3. The number of carbonyl (C=O) groups is 1. The number of benzene rings is 2. The van der Waals surface area contributed by atoms with Gasteiger partial charge in [0.2, 0.25) is 0 Å². The van der Waals surface area contributed by atoms with E-state index in [0.717, 1.165) is 36.1 Å². The van der Waals surface area contributed by atoms with Gasteiger partial charge in [-0.1, -0.05) is 36.4 Å². The molecule has 0 saturated carbocycles. The molecule has 2 heterocycles. The Kier molecular flexibility index (Phi) is 6.08. The van der Waals surface area contributed by atoms with Crippen molar-refractivity contribution in [3.05, 3.63) is 53.5 Å². The van der Waals surface area contributed by atoms with Gasteiger partial charge in [-0.25, -0.2) is 4.98 Å². The van der Waals surface area contributed by atoms with E-state index in [1.54, 1.807) is 0 Å². The SMILES string of the molecule is C[C@H]1CN(Cc2csc(NC(=O)COc3cccc4ccccc34)n2)C[C@H](C)O1. The second-order valence-electron chi connectivity index (χ2n) is 7.41. The van der Waals surface area contributed by atoms with E-state index in [4.69, 9.17) is 9.47 Å². The van der Waals surface area contributed by atoms with Gasteiger partial charge in [0.15, 0.2) is 11.7 Å². The molecule has 152 valence electrons. The first kappa shape index (κ1) is 19.8. The largest absolute Gasteiger partial charge is 0.483 e. The van der Waals surface area contributed by atoms with Crippen LogP contribution < -0.4 is 10.1 Å². The van der Waals surface area contributed by atoms with Crippen molar-refractivity contribution < 1.29 is 14.3 Å². The van der Waals surface area contributed by atoms with Crippen LogP contribution in [0.15, 0.2) is 47.8 Å². The van der Waals surface area contributed by atoms with E-state index in [1.165, 1.54) is 11.3 Å². The van der Waals surface area contributed by atoms with Crippen LogP contribution in [0.5, 0.6) is 5.75 Å². The number of anilines is 1. The molecule has 1 fully saturated rings. The van der Waals surface area contributed by atoms with Crippen LogP contribution in [0.4, 0.5) is 5.13 Å². The normalized spacial score (nSPS) is 19.9. The maximum Gasteiger partial charge on any atom is 0.264 e. The summed E-state index contributed by atoms with van der Waals surface area (Å²) in [5.74, 6) is 0.487. The lowest BCUT2D eigenvalue weighted by atomic mass is 10.1. The van der Waals surface area contributed by atoms with Gasteiger partial charge in [-0.05, 0) is 25.3 Å². The average molecular weight is 412 g/mol. The molecule has 2 aromatic carbocycles. The molecule has 0 radical (unpaired) electrons. The smallest absolute Gasteiger partial charge is 0.264 e. The van der Waals surface area contributed by atoms with E-state index in [9.17, 15) is 4.79 Å². The lowest BCUT2D eigenvalue weighted by Crippen LogP contribution is -2.44. The summed E-state index contributed by atoms with van der Waals surface area (Å²) in [7, 11) is 0. The van der Waals surface area contributed by atoms with Crippen molar-refractivity contribution in [2.75, 3.05) is 25.0 Å². The van der Waals surface area contributed by atoms with E-state index < -0.39 is 0 Å². The van der Waals surface area contributed by atoms with Crippen LogP contribution in [-0.4, -0.2) is 47.7 Å². The van der Waals surface area contributed by atoms with Gasteiger partial charge < -0.3 is 9.47 Å². The zero-order valence-electron chi connectivity index (χ0n) is 16.6. The highest BCUT2D eigenvalue weighted by Crippen LogP contribution is 2.25. The monoisotopic (exact) mass is 411 g/mol. The first-order valence-corrected chi connectivity index (χ1v) is 10.7. The molecule has 1 aliphatic heterocycles. The van der Waals surface area contributed by atoms with E-state index in [0.29, 0.717) is 10.9 Å². The number of nitrogens with one attached hydrogen (secondary N) is 1. The van der Waals surface area contributed by atoms with Gasteiger partial charge >= 0.3 is 0 Å². The number of hydrogen-bond acceptors (Lipinski definition) is 6. The van der Waals surface area contributed by atoms with Crippen molar-refractivity contribution in [3.63, 3.8) is 0 Å². The van der Waals surface area contributed by atoms with E-state index in [1.807, 2.05) is 47.8 Å². The van der Waals surface area contributed by atoms with Gasteiger partial charge in [-0.3, -0.25) is 15.0 Å². The second-order valence-corrected chi connectivity index (χ2v) is 8.27. The number of fused-ring (bicyclic) bond motifs is 1. The van der Waals surface area contributed by atoms with E-state index in [-0.39, 0.29) is 24.7 Å². The van der Waals surface area contributed by atoms with Crippen molar-refractivity contribution in [2.24, 2.45) is 0 Å². The molecule has 6 nitrogen and oxygen atoms in total. The number of nitrogens with zero attached hydrogens (tertiary/aromatic N) is 2. The average Bonchev–Trinajstić information content (AvgIpc) is 3.12. The van der Waals surface area contributed by atoms with Crippen molar-refractivity contribution in [2.45, 2.75) is 32.6 Å². The summed E-state index contributed by atoms with van der Waals surface area (Å²) in [6.45, 7) is 6.67. The van der Waals surface area contributed by atoms with Crippen molar-refractivity contribution in [1.82, 2.24) is 9.88 Å². The zero-order valence-corrected chi connectivity index (χ0v) is 17.4. The minimum Gasteiger partial charge on any atom is -0.483 e. The standard InChI is InChI=1S/C22H25N3O3S/c1-15-10-25(11-16(2)28-15)12-18-14-29-22(23-18)24-21(26)13-27-20-9-5-7-17-6-3-4-8-19(17)20/h3-9,14-16H,10-13H2,1-2H3,(H,23,24,26)/t15-,16-/m0/s1. The molecule has 0 spiro atoms. The highest BCUT2D eigenvalue weighted by atomic mass is 32.1. The number of rotatable bonds is 6. The van der Waals surface area contributed by atoms with Crippen molar-refractivity contribution in [1.29, 1.82) is 0 Å². The third-order valence-electron chi connectivity index (χ3n) is 4.79. The van der Waals surface area contributed by atoms with Gasteiger partial charge in [0, 0.05) is 30.4 Å². The molecule has 3 aromatic rings. The van der Waals surface area contributed by atoms with Gasteiger partial charge in [-0.15, -0.1) is 11.3 Å².